The summed E-state index contributed by atoms with van der Waals surface area (Å²) in [4.78, 5) is 29.2. The van der Waals surface area contributed by atoms with E-state index in [4.69, 9.17) is 5.73 Å². The topological polar surface area (TPSA) is 122 Å². The van der Waals surface area contributed by atoms with Gasteiger partial charge in [-0.1, -0.05) is 23.4 Å². The Hall–Kier alpha value is -3.38. The molecule has 2 rings (SSSR count). The highest BCUT2D eigenvalue weighted by molar-refractivity contribution is 7.07. The first-order chi connectivity index (χ1) is 12.5. The van der Waals surface area contributed by atoms with Crippen LogP contribution in [0.2, 0.25) is 0 Å². The number of nitrogens with one attached hydrogen (secondary N) is 1. The summed E-state index contributed by atoms with van der Waals surface area (Å²) in [6, 6.07) is 11.1. The molecule has 1 aromatic heterocycles. The van der Waals surface area contributed by atoms with E-state index < -0.39 is 5.97 Å². The third-order valence-electron chi connectivity index (χ3n) is 3.17. The fourth-order valence-electron chi connectivity index (χ4n) is 2.02. The van der Waals surface area contributed by atoms with Crippen molar-refractivity contribution in [2.75, 3.05) is 5.32 Å². The van der Waals surface area contributed by atoms with E-state index in [-0.39, 0.29) is 21.6 Å². The molecule has 0 aliphatic carbocycles. The quantitative estimate of drug-likeness (QED) is 0.337. The lowest BCUT2D eigenvalue weighted by atomic mass is 10.3. The summed E-state index contributed by atoms with van der Waals surface area (Å²) in [5, 5.41) is 15.7. The van der Waals surface area contributed by atoms with Crippen molar-refractivity contribution in [3.05, 3.63) is 49.9 Å². The zero-order chi connectivity index (χ0) is 19.1. The Kier molecular flexibility index (Phi) is 6.30. The summed E-state index contributed by atoms with van der Waals surface area (Å²) in [6.45, 7) is 3.48. The molecule has 8 nitrogen and oxygen atoms in total. The van der Waals surface area contributed by atoms with Gasteiger partial charge >= 0.3 is 5.97 Å². The van der Waals surface area contributed by atoms with Crippen LogP contribution in [0, 0.1) is 11.3 Å². The van der Waals surface area contributed by atoms with E-state index >= 15 is 0 Å². The van der Waals surface area contributed by atoms with Gasteiger partial charge in [0.05, 0.1) is 0 Å². The lowest BCUT2D eigenvalue weighted by Gasteiger charge is -1.98. The van der Waals surface area contributed by atoms with Gasteiger partial charge in [-0.15, -0.1) is 11.3 Å². The average molecular weight is 371 g/mol. The Balaban J connectivity index is 2.55. The summed E-state index contributed by atoms with van der Waals surface area (Å²) in [5.41, 5.74) is 5.50. The third kappa shape index (κ3) is 4.37. The molecule has 0 unspecified atom stereocenters. The van der Waals surface area contributed by atoms with Crippen LogP contribution < -0.4 is 25.8 Å². The molecule has 0 fully saturated rings. The fourth-order valence-corrected chi connectivity index (χ4v) is 3.09. The molecule has 2 aromatic rings. The van der Waals surface area contributed by atoms with Crippen molar-refractivity contribution in [1.29, 1.82) is 5.26 Å². The average Bonchev–Trinajstić information content (AvgIpc) is 2.95. The standard InChI is InChI=1S/C17H17N5O3S/c1-3-22-15(23)14(10-20-12-7-5-4-6-8-12)26-16(22)13(9-18)17(24)25-21-11(2)19/h4-8,10,20H,3H2,1-2H3,(H2,19,21). The first-order valence-corrected chi connectivity index (χ1v) is 8.46. The van der Waals surface area contributed by atoms with Gasteiger partial charge in [0.1, 0.15) is 21.1 Å². The first kappa shape index (κ1) is 19.0. The minimum atomic E-state index is -0.969. The van der Waals surface area contributed by atoms with E-state index in [2.05, 4.69) is 15.3 Å². The Morgan fingerprint density at radius 3 is 2.73 bits per heavy atom. The number of para-hydroxylation sites is 1. The number of anilines is 1. The van der Waals surface area contributed by atoms with E-state index in [9.17, 15) is 14.9 Å². The lowest BCUT2D eigenvalue weighted by Crippen LogP contribution is -2.32. The van der Waals surface area contributed by atoms with Crippen LogP contribution >= 0.6 is 11.3 Å². The minimum absolute atomic E-state index is 0.0378. The van der Waals surface area contributed by atoms with Crippen LogP contribution in [0.1, 0.15) is 13.8 Å². The molecule has 0 atom stereocenters. The number of rotatable bonds is 5. The third-order valence-corrected chi connectivity index (χ3v) is 4.30. The van der Waals surface area contributed by atoms with Gasteiger partial charge in [-0.2, -0.15) is 5.26 Å². The molecule has 1 heterocycles. The van der Waals surface area contributed by atoms with E-state index in [1.165, 1.54) is 11.5 Å². The maximum Gasteiger partial charge on any atom is 0.379 e. The Labute approximate surface area is 153 Å². The van der Waals surface area contributed by atoms with Crippen LogP contribution in [0.25, 0.3) is 11.8 Å². The van der Waals surface area contributed by atoms with Gasteiger partial charge in [-0.05, 0) is 26.0 Å². The molecular formula is C17H17N5O3S. The predicted octanol–water partition coefficient (Wildman–Crippen LogP) is 0.289. The van der Waals surface area contributed by atoms with Crippen molar-refractivity contribution in [3.8, 4) is 6.07 Å². The number of aromatic nitrogens is 1. The number of hydrogen-bond donors (Lipinski definition) is 2. The summed E-state index contributed by atoms with van der Waals surface area (Å²) in [5.74, 6) is -0.931. The number of nitrogens with two attached hydrogens (primary N) is 1. The molecule has 0 saturated heterocycles. The van der Waals surface area contributed by atoms with Crippen LogP contribution in [0.15, 0.2) is 40.3 Å². The number of amidine groups is 1. The number of carbonyl (C=O) groups excluding carboxylic acids is 1. The molecule has 0 saturated carbocycles. The monoisotopic (exact) mass is 371 g/mol. The smallest absolute Gasteiger partial charge is 0.379 e. The Morgan fingerprint density at radius 1 is 1.46 bits per heavy atom. The highest BCUT2D eigenvalue weighted by Gasteiger charge is 2.17. The molecule has 0 spiro atoms. The van der Waals surface area contributed by atoms with E-state index in [1.54, 1.807) is 19.2 Å². The number of benzene rings is 1. The van der Waals surface area contributed by atoms with Crippen LogP contribution in [-0.2, 0) is 16.2 Å². The summed E-state index contributed by atoms with van der Waals surface area (Å²) < 4.78 is 1.89. The van der Waals surface area contributed by atoms with Crippen molar-refractivity contribution in [3.63, 3.8) is 0 Å². The van der Waals surface area contributed by atoms with Crippen LogP contribution in [0.4, 0.5) is 5.69 Å². The summed E-state index contributed by atoms with van der Waals surface area (Å²) in [7, 11) is 0. The normalized spacial score (nSPS) is 13.1. The fraction of sp³-hybridized carbons (Fsp3) is 0.176. The van der Waals surface area contributed by atoms with Gasteiger partial charge < -0.3 is 15.9 Å². The number of carbonyl (C=O) groups is 1. The van der Waals surface area contributed by atoms with Gasteiger partial charge in [0, 0.05) is 18.4 Å². The Morgan fingerprint density at radius 2 is 2.15 bits per heavy atom. The van der Waals surface area contributed by atoms with E-state index in [1.807, 2.05) is 30.3 Å². The number of nitrogens with zero attached hydrogens (tertiary/aromatic N) is 3. The first-order valence-electron chi connectivity index (χ1n) is 7.65. The SMILES string of the molecule is CCn1c(=C(C#N)C(=O)ON=C(C)N)sc(=CNc2ccccc2)c1=O. The molecule has 3 N–H and O–H groups in total. The Bertz CT molecular complexity index is 1040. The number of thiazole rings is 1. The van der Waals surface area contributed by atoms with Crippen molar-refractivity contribution in [1.82, 2.24) is 4.57 Å². The van der Waals surface area contributed by atoms with Crippen molar-refractivity contribution in [2.45, 2.75) is 20.4 Å². The zero-order valence-corrected chi connectivity index (χ0v) is 15.0. The van der Waals surface area contributed by atoms with Crippen molar-refractivity contribution < 1.29 is 9.63 Å². The van der Waals surface area contributed by atoms with Gasteiger partial charge in [-0.3, -0.25) is 9.36 Å². The molecule has 0 radical (unpaired) electrons. The molecule has 1 aromatic carbocycles. The van der Waals surface area contributed by atoms with Crippen LogP contribution in [-0.4, -0.2) is 16.4 Å². The number of oxime groups is 1. The predicted molar refractivity (Wildman–Crippen MR) is 100 cm³/mol. The minimum Gasteiger partial charge on any atom is -0.385 e. The van der Waals surface area contributed by atoms with Gasteiger partial charge in [0.15, 0.2) is 5.57 Å². The van der Waals surface area contributed by atoms with E-state index in [0.717, 1.165) is 17.0 Å². The molecule has 0 aliphatic rings. The molecular weight excluding hydrogens is 354 g/mol. The zero-order valence-electron chi connectivity index (χ0n) is 14.2. The maximum atomic E-state index is 12.5. The van der Waals surface area contributed by atoms with Gasteiger partial charge in [0.25, 0.3) is 5.56 Å². The number of hydrogen-bond acceptors (Lipinski definition) is 7. The number of nitriles is 1. The largest absolute Gasteiger partial charge is 0.385 e. The molecule has 26 heavy (non-hydrogen) atoms. The van der Waals surface area contributed by atoms with Crippen molar-refractivity contribution in [2.24, 2.45) is 10.9 Å². The highest BCUT2D eigenvalue weighted by atomic mass is 32.1. The molecule has 134 valence electrons. The van der Waals surface area contributed by atoms with E-state index in [0.29, 0.717) is 11.1 Å². The molecule has 0 aliphatic heterocycles. The second-order valence-corrected chi connectivity index (χ2v) is 6.10. The molecule has 0 amide bonds. The summed E-state index contributed by atoms with van der Waals surface area (Å²) in [6.07, 6.45) is 1.54. The lowest BCUT2D eigenvalue weighted by molar-refractivity contribution is -0.136. The summed E-state index contributed by atoms with van der Waals surface area (Å²) >= 11 is 1.02. The van der Waals surface area contributed by atoms with Gasteiger partial charge in [0.2, 0.25) is 0 Å². The second-order valence-electron chi connectivity index (χ2n) is 5.07. The second kappa shape index (κ2) is 8.64. The van der Waals surface area contributed by atoms with Gasteiger partial charge in [-0.25, -0.2) is 4.79 Å². The molecule has 9 heteroatoms. The van der Waals surface area contributed by atoms with Crippen LogP contribution in [0.3, 0.4) is 0 Å². The van der Waals surface area contributed by atoms with Crippen LogP contribution in [0.5, 0.6) is 0 Å². The maximum absolute atomic E-state index is 12.5. The molecule has 0 bridgehead atoms. The highest BCUT2D eigenvalue weighted by Crippen LogP contribution is 2.04. The van der Waals surface area contributed by atoms with Crippen molar-refractivity contribution >= 4 is 40.6 Å².